The number of carbonyl (C=O) groups excluding carboxylic acids is 1. The SMILES string of the molecule is CON(C)S(=O)(=O)c1cccc(C(=O)Nc2ccc(C)c([N+](=O)[O-])c2)c1. The third kappa shape index (κ3) is 4.04. The van der Waals surface area contributed by atoms with Crippen LogP contribution in [0.15, 0.2) is 47.4 Å². The summed E-state index contributed by atoms with van der Waals surface area (Å²) in [6, 6.07) is 9.67. The van der Waals surface area contributed by atoms with Crippen LogP contribution in [0.1, 0.15) is 15.9 Å². The van der Waals surface area contributed by atoms with Crippen molar-refractivity contribution in [2.75, 3.05) is 19.5 Å². The molecule has 0 heterocycles. The molecule has 26 heavy (non-hydrogen) atoms. The van der Waals surface area contributed by atoms with Crippen LogP contribution in [0.5, 0.6) is 0 Å². The Hall–Kier alpha value is -2.82. The fourth-order valence-corrected chi connectivity index (χ4v) is 3.15. The number of benzene rings is 2. The van der Waals surface area contributed by atoms with Crippen LogP contribution in [-0.4, -0.2) is 37.9 Å². The number of nitrogens with zero attached hydrogens (tertiary/aromatic N) is 2. The Morgan fingerprint density at radius 2 is 1.92 bits per heavy atom. The fourth-order valence-electron chi connectivity index (χ4n) is 2.13. The van der Waals surface area contributed by atoms with E-state index < -0.39 is 20.9 Å². The first-order valence-corrected chi connectivity index (χ1v) is 8.80. The second kappa shape index (κ2) is 7.60. The van der Waals surface area contributed by atoms with E-state index in [2.05, 4.69) is 5.32 Å². The minimum atomic E-state index is -3.90. The molecular weight excluding hydrogens is 362 g/mol. The van der Waals surface area contributed by atoms with Crippen molar-refractivity contribution in [2.45, 2.75) is 11.8 Å². The third-order valence-corrected chi connectivity index (χ3v) is 5.33. The molecule has 2 rings (SSSR count). The minimum absolute atomic E-state index is 0.0822. The van der Waals surface area contributed by atoms with E-state index in [-0.39, 0.29) is 21.8 Å². The molecule has 0 radical (unpaired) electrons. The molecule has 2 aromatic rings. The highest BCUT2D eigenvalue weighted by atomic mass is 32.2. The number of amides is 1. The van der Waals surface area contributed by atoms with Gasteiger partial charge in [-0.25, -0.2) is 8.42 Å². The van der Waals surface area contributed by atoms with E-state index >= 15 is 0 Å². The molecule has 0 saturated heterocycles. The predicted molar refractivity (Wildman–Crippen MR) is 94.2 cm³/mol. The number of nitro benzene ring substituents is 1. The van der Waals surface area contributed by atoms with Crippen molar-refractivity contribution in [3.05, 3.63) is 63.7 Å². The molecule has 10 heteroatoms. The van der Waals surface area contributed by atoms with Crippen molar-refractivity contribution in [2.24, 2.45) is 0 Å². The lowest BCUT2D eigenvalue weighted by Gasteiger charge is -2.14. The van der Waals surface area contributed by atoms with Crippen molar-refractivity contribution in [3.8, 4) is 0 Å². The second-order valence-corrected chi connectivity index (χ2v) is 7.27. The number of carbonyl (C=O) groups is 1. The topological polar surface area (TPSA) is 119 Å². The predicted octanol–water partition coefficient (Wildman–Crippen LogP) is 2.34. The van der Waals surface area contributed by atoms with Gasteiger partial charge in [-0.05, 0) is 31.2 Å². The number of rotatable bonds is 6. The number of hydroxylamine groups is 1. The van der Waals surface area contributed by atoms with Crippen LogP contribution in [0, 0.1) is 17.0 Å². The quantitative estimate of drug-likeness (QED) is 0.608. The number of aryl methyl sites for hydroxylation is 1. The van der Waals surface area contributed by atoms with Crippen molar-refractivity contribution in [1.29, 1.82) is 0 Å². The molecular formula is C16H17N3O6S. The Balaban J connectivity index is 2.30. The van der Waals surface area contributed by atoms with E-state index in [0.29, 0.717) is 10.0 Å². The molecule has 0 atom stereocenters. The molecule has 0 bridgehead atoms. The second-order valence-electron chi connectivity index (χ2n) is 5.34. The molecule has 0 aliphatic heterocycles. The standard InChI is InChI=1S/C16H17N3O6S/c1-11-7-8-13(10-15(11)19(21)22)17-16(20)12-5-4-6-14(9-12)26(23,24)18(2)25-3/h4-10H,1-3H3,(H,17,20). The summed E-state index contributed by atoms with van der Waals surface area (Å²) in [4.78, 5) is 27.4. The maximum atomic E-state index is 12.4. The van der Waals surface area contributed by atoms with E-state index in [4.69, 9.17) is 4.84 Å². The van der Waals surface area contributed by atoms with Gasteiger partial charge in [0, 0.05) is 29.9 Å². The lowest BCUT2D eigenvalue weighted by molar-refractivity contribution is -0.385. The molecule has 2 aromatic carbocycles. The molecule has 0 aliphatic carbocycles. The first-order chi connectivity index (χ1) is 12.2. The normalized spacial score (nSPS) is 11.4. The summed E-state index contributed by atoms with van der Waals surface area (Å²) in [7, 11) is -1.46. The van der Waals surface area contributed by atoms with Gasteiger partial charge in [-0.1, -0.05) is 16.6 Å². The highest BCUT2D eigenvalue weighted by molar-refractivity contribution is 7.89. The number of hydrogen-bond acceptors (Lipinski definition) is 6. The van der Waals surface area contributed by atoms with Crippen molar-refractivity contribution in [3.63, 3.8) is 0 Å². The van der Waals surface area contributed by atoms with Crippen LogP contribution in [0.4, 0.5) is 11.4 Å². The molecule has 9 nitrogen and oxygen atoms in total. The minimum Gasteiger partial charge on any atom is -0.322 e. The van der Waals surface area contributed by atoms with Crippen LogP contribution in [0.25, 0.3) is 0 Å². The van der Waals surface area contributed by atoms with Crippen molar-refractivity contribution in [1.82, 2.24) is 4.47 Å². The maximum Gasteiger partial charge on any atom is 0.274 e. The van der Waals surface area contributed by atoms with E-state index in [9.17, 15) is 23.3 Å². The molecule has 1 amide bonds. The number of anilines is 1. The Morgan fingerprint density at radius 1 is 1.23 bits per heavy atom. The highest BCUT2D eigenvalue weighted by Crippen LogP contribution is 2.23. The zero-order valence-corrected chi connectivity index (χ0v) is 15.1. The number of nitro groups is 1. The van der Waals surface area contributed by atoms with Gasteiger partial charge < -0.3 is 5.32 Å². The third-order valence-electron chi connectivity index (χ3n) is 3.65. The summed E-state index contributed by atoms with van der Waals surface area (Å²) >= 11 is 0. The summed E-state index contributed by atoms with van der Waals surface area (Å²) in [6.45, 7) is 1.59. The lowest BCUT2D eigenvalue weighted by Crippen LogP contribution is -2.26. The van der Waals surface area contributed by atoms with Gasteiger partial charge in [0.1, 0.15) is 0 Å². The zero-order chi connectivity index (χ0) is 19.5. The summed E-state index contributed by atoms with van der Waals surface area (Å²) in [5.41, 5.74) is 0.651. The van der Waals surface area contributed by atoms with Gasteiger partial charge in [0.05, 0.1) is 16.9 Å². The Morgan fingerprint density at radius 3 is 2.54 bits per heavy atom. The van der Waals surface area contributed by atoms with Crippen LogP contribution in [-0.2, 0) is 14.9 Å². The van der Waals surface area contributed by atoms with Gasteiger partial charge >= 0.3 is 0 Å². The Labute approximate surface area is 150 Å². The smallest absolute Gasteiger partial charge is 0.274 e. The van der Waals surface area contributed by atoms with Gasteiger partial charge in [-0.15, -0.1) is 0 Å². The number of hydrogen-bond donors (Lipinski definition) is 1. The summed E-state index contributed by atoms with van der Waals surface area (Å²) in [5, 5.41) is 13.5. The lowest BCUT2D eigenvalue weighted by atomic mass is 10.1. The van der Waals surface area contributed by atoms with E-state index in [1.54, 1.807) is 6.92 Å². The van der Waals surface area contributed by atoms with E-state index in [1.807, 2.05) is 0 Å². The summed E-state index contributed by atoms with van der Waals surface area (Å²) in [5.74, 6) is -0.597. The molecule has 1 N–H and O–H groups in total. The zero-order valence-electron chi connectivity index (χ0n) is 14.3. The molecule has 138 valence electrons. The van der Waals surface area contributed by atoms with Crippen LogP contribution < -0.4 is 5.32 Å². The summed E-state index contributed by atoms with van der Waals surface area (Å²) in [6.07, 6.45) is 0. The molecule has 0 fully saturated rings. The summed E-state index contributed by atoms with van der Waals surface area (Å²) < 4.78 is 25.2. The van der Waals surface area contributed by atoms with Crippen molar-refractivity contribution < 1.29 is 23.0 Å². The largest absolute Gasteiger partial charge is 0.322 e. The van der Waals surface area contributed by atoms with E-state index in [1.165, 1.54) is 56.6 Å². The molecule has 0 saturated carbocycles. The van der Waals surface area contributed by atoms with Gasteiger partial charge in [-0.2, -0.15) is 0 Å². The first-order valence-electron chi connectivity index (χ1n) is 7.36. The molecule has 0 aromatic heterocycles. The molecule has 0 aliphatic rings. The fraction of sp³-hybridized carbons (Fsp3) is 0.188. The van der Waals surface area contributed by atoms with Crippen molar-refractivity contribution >= 4 is 27.3 Å². The average Bonchev–Trinajstić information content (AvgIpc) is 2.62. The molecule has 0 unspecified atom stereocenters. The Bertz CT molecular complexity index is 958. The average molecular weight is 379 g/mol. The maximum absolute atomic E-state index is 12.4. The number of nitrogens with one attached hydrogen (secondary N) is 1. The van der Waals surface area contributed by atoms with Crippen LogP contribution in [0.2, 0.25) is 0 Å². The van der Waals surface area contributed by atoms with Gasteiger partial charge in [0.2, 0.25) is 0 Å². The van der Waals surface area contributed by atoms with E-state index in [0.717, 1.165) is 0 Å². The van der Waals surface area contributed by atoms with Gasteiger partial charge in [0.25, 0.3) is 21.6 Å². The number of sulfonamides is 1. The molecule has 0 spiro atoms. The van der Waals surface area contributed by atoms with Gasteiger partial charge in [0.15, 0.2) is 0 Å². The van der Waals surface area contributed by atoms with Gasteiger partial charge in [-0.3, -0.25) is 19.7 Å². The highest BCUT2D eigenvalue weighted by Gasteiger charge is 2.22. The first kappa shape index (κ1) is 19.5. The Kier molecular flexibility index (Phi) is 5.70. The van der Waals surface area contributed by atoms with Crippen LogP contribution in [0.3, 0.4) is 0 Å². The monoisotopic (exact) mass is 379 g/mol. The van der Waals surface area contributed by atoms with Crippen LogP contribution >= 0.6 is 0 Å².